The number of carbonyl (C=O) groups is 1. The molecule has 0 aliphatic heterocycles. The fourth-order valence-electron chi connectivity index (χ4n) is 1.20. The zero-order valence-corrected chi connectivity index (χ0v) is 9.69. The summed E-state index contributed by atoms with van der Waals surface area (Å²) in [6, 6.07) is 2.00. The molecule has 1 aromatic carbocycles. The minimum atomic E-state index is -0.851. The summed E-state index contributed by atoms with van der Waals surface area (Å²) < 4.78 is 18.5. The molecule has 0 saturated carbocycles. The van der Waals surface area contributed by atoms with Crippen LogP contribution in [-0.2, 0) is 4.79 Å². The van der Waals surface area contributed by atoms with Gasteiger partial charge in [0.25, 0.3) is 5.69 Å². The number of halogens is 1. The van der Waals surface area contributed by atoms with Gasteiger partial charge in [0.2, 0.25) is 0 Å². The number of ether oxygens (including phenoxy) is 1. The summed E-state index contributed by atoms with van der Waals surface area (Å²) >= 11 is 0. The summed E-state index contributed by atoms with van der Waals surface area (Å²) in [5.41, 5.74) is -0.0347. The smallest absolute Gasteiger partial charge is 0.275 e. The Hall–Kier alpha value is -1.98. The monoisotopic (exact) mass is 241 g/mol. The first-order valence-corrected chi connectivity index (χ1v) is 4.94. The summed E-state index contributed by atoms with van der Waals surface area (Å²) in [6.45, 7) is 4.28. The highest BCUT2D eigenvalue weighted by Crippen LogP contribution is 2.27. The number of carbonyl (C=O) groups excluding carboxylic acids is 1. The highest BCUT2D eigenvalue weighted by atomic mass is 19.1. The zero-order valence-electron chi connectivity index (χ0n) is 9.69. The number of hydrogen-bond donors (Lipinski definition) is 0. The van der Waals surface area contributed by atoms with E-state index in [0.717, 1.165) is 6.07 Å². The predicted molar refractivity (Wildman–Crippen MR) is 58.6 cm³/mol. The van der Waals surface area contributed by atoms with Gasteiger partial charge in [-0.2, -0.15) is 0 Å². The largest absolute Gasteiger partial charge is 0.480 e. The van der Waals surface area contributed by atoms with Crippen molar-refractivity contribution >= 4 is 11.5 Å². The van der Waals surface area contributed by atoms with Gasteiger partial charge < -0.3 is 4.74 Å². The molecular weight excluding hydrogens is 229 g/mol. The Morgan fingerprint density at radius 3 is 2.59 bits per heavy atom. The summed E-state index contributed by atoms with van der Waals surface area (Å²) in [6.07, 6.45) is -0.787. The van der Waals surface area contributed by atoms with Crippen molar-refractivity contribution in [3.63, 3.8) is 0 Å². The van der Waals surface area contributed by atoms with Gasteiger partial charge in [-0.25, -0.2) is 4.39 Å². The highest BCUT2D eigenvalue weighted by molar-refractivity contribution is 5.80. The molecule has 0 aliphatic rings. The van der Waals surface area contributed by atoms with Gasteiger partial charge in [0, 0.05) is 5.56 Å². The van der Waals surface area contributed by atoms with Crippen LogP contribution in [0, 0.1) is 22.9 Å². The van der Waals surface area contributed by atoms with Gasteiger partial charge in [-0.05, 0) is 26.8 Å². The molecule has 0 spiro atoms. The molecule has 0 aliphatic carbocycles. The van der Waals surface area contributed by atoms with Crippen LogP contribution in [0.3, 0.4) is 0 Å². The van der Waals surface area contributed by atoms with Gasteiger partial charge in [-0.1, -0.05) is 0 Å². The minimum absolute atomic E-state index is 0.157. The molecular formula is C11H12FNO4. The number of nitro groups is 1. The molecule has 1 atom stereocenters. The number of rotatable bonds is 4. The van der Waals surface area contributed by atoms with Gasteiger partial charge in [-0.3, -0.25) is 14.9 Å². The van der Waals surface area contributed by atoms with Crippen LogP contribution in [0.4, 0.5) is 10.1 Å². The molecule has 17 heavy (non-hydrogen) atoms. The van der Waals surface area contributed by atoms with Crippen LogP contribution >= 0.6 is 0 Å². The second-order valence-corrected chi connectivity index (χ2v) is 3.70. The number of ketones is 1. The van der Waals surface area contributed by atoms with E-state index in [1.807, 2.05) is 0 Å². The molecule has 0 saturated heterocycles. The lowest BCUT2D eigenvalue weighted by Gasteiger charge is -2.12. The third-order valence-corrected chi connectivity index (χ3v) is 2.32. The minimum Gasteiger partial charge on any atom is -0.480 e. The number of benzene rings is 1. The third kappa shape index (κ3) is 2.99. The summed E-state index contributed by atoms with van der Waals surface area (Å²) in [5.74, 6) is -1.26. The average Bonchev–Trinajstić information content (AvgIpc) is 2.22. The lowest BCUT2D eigenvalue weighted by molar-refractivity contribution is -0.385. The summed E-state index contributed by atoms with van der Waals surface area (Å²) in [7, 11) is 0. The van der Waals surface area contributed by atoms with E-state index in [-0.39, 0.29) is 22.8 Å². The molecule has 0 N–H and O–H groups in total. The van der Waals surface area contributed by atoms with E-state index < -0.39 is 16.8 Å². The van der Waals surface area contributed by atoms with Gasteiger partial charge in [-0.15, -0.1) is 0 Å². The van der Waals surface area contributed by atoms with Gasteiger partial charge in [0.1, 0.15) is 0 Å². The number of nitrogens with zero attached hydrogens (tertiary/aromatic N) is 1. The number of hydrogen-bond acceptors (Lipinski definition) is 4. The van der Waals surface area contributed by atoms with Crippen molar-refractivity contribution in [1.29, 1.82) is 0 Å². The van der Waals surface area contributed by atoms with E-state index in [1.54, 1.807) is 0 Å². The van der Waals surface area contributed by atoms with E-state index in [9.17, 15) is 19.3 Å². The standard InChI is InChI=1S/C11H12FNO4/c1-6-4-11(17-8(3)7(2)14)9(12)5-10(6)13(15)16/h4-5,8H,1-3H3. The summed E-state index contributed by atoms with van der Waals surface area (Å²) in [4.78, 5) is 20.9. The number of aryl methyl sites for hydroxylation is 1. The maximum absolute atomic E-state index is 13.5. The normalized spacial score (nSPS) is 12.0. The Bertz CT molecular complexity index is 473. The topological polar surface area (TPSA) is 69.4 Å². The van der Waals surface area contributed by atoms with Crippen LogP contribution in [0.25, 0.3) is 0 Å². The second-order valence-electron chi connectivity index (χ2n) is 3.70. The predicted octanol–water partition coefficient (Wildman–Crippen LogP) is 2.40. The molecule has 1 aromatic rings. The Kier molecular flexibility index (Phi) is 3.77. The molecule has 0 bridgehead atoms. The van der Waals surface area contributed by atoms with Crippen molar-refractivity contribution in [3.05, 3.63) is 33.6 Å². The molecule has 5 nitrogen and oxygen atoms in total. The molecule has 0 fully saturated rings. The molecule has 0 amide bonds. The lowest BCUT2D eigenvalue weighted by atomic mass is 10.2. The SMILES string of the molecule is CC(=O)C(C)Oc1cc(C)c([N+](=O)[O-])cc1F. The van der Waals surface area contributed by atoms with E-state index in [2.05, 4.69) is 0 Å². The van der Waals surface area contributed by atoms with E-state index in [0.29, 0.717) is 0 Å². The van der Waals surface area contributed by atoms with Gasteiger partial charge >= 0.3 is 0 Å². The van der Waals surface area contributed by atoms with Crippen molar-refractivity contribution in [3.8, 4) is 5.75 Å². The molecule has 0 aromatic heterocycles. The number of nitro benzene ring substituents is 1. The van der Waals surface area contributed by atoms with Gasteiger partial charge in [0.15, 0.2) is 23.5 Å². The van der Waals surface area contributed by atoms with E-state index >= 15 is 0 Å². The fraction of sp³-hybridized carbons (Fsp3) is 0.364. The lowest BCUT2D eigenvalue weighted by Crippen LogP contribution is -2.21. The Morgan fingerprint density at radius 1 is 1.53 bits per heavy atom. The second kappa shape index (κ2) is 4.90. The highest BCUT2D eigenvalue weighted by Gasteiger charge is 2.18. The first-order chi connectivity index (χ1) is 7.82. The quantitative estimate of drug-likeness (QED) is 0.599. The Balaban J connectivity index is 3.08. The fourth-order valence-corrected chi connectivity index (χ4v) is 1.20. The molecule has 6 heteroatoms. The van der Waals surface area contributed by atoms with Gasteiger partial charge in [0.05, 0.1) is 11.0 Å². The number of Topliss-reactive ketones (excluding diaryl/α,β-unsaturated/α-hetero) is 1. The van der Waals surface area contributed by atoms with Crippen molar-refractivity contribution in [1.82, 2.24) is 0 Å². The molecule has 1 unspecified atom stereocenters. The van der Waals surface area contributed by atoms with Crippen molar-refractivity contribution < 1.29 is 18.8 Å². The molecule has 92 valence electrons. The van der Waals surface area contributed by atoms with E-state index in [4.69, 9.17) is 4.74 Å². The van der Waals surface area contributed by atoms with Crippen LogP contribution in [0.15, 0.2) is 12.1 Å². The maximum atomic E-state index is 13.5. The maximum Gasteiger partial charge on any atom is 0.275 e. The first kappa shape index (κ1) is 13.1. The van der Waals surface area contributed by atoms with Crippen LogP contribution in [0.1, 0.15) is 19.4 Å². The van der Waals surface area contributed by atoms with Crippen LogP contribution < -0.4 is 4.74 Å². The molecule has 0 heterocycles. The Morgan fingerprint density at radius 2 is 2.12 bits per heavy atom. The van der Waals surface area contributed by atoms with Crippen LogP contribution in [0.5, 0.6) is 5.75 Å². The molecule has 1 rings (SSSR count). The Labute approximate surface area is 97.3 Å². The summed E-state index contributed by atoms with van der Waals surface area (Å²) in [5, 5.41) is 10.6. The zero-order chi connectivity index (χ0) is 13.2. The van der Waals surface area contributed by atoms with Crippen LogP contribution in [0.2, 0.25) is 0 Å². The molecule has 0 radical (unpaired) electrons. The van der Waals surface area contributed by atoms with Crippen molar-refractivity contribution in [2.75, 3.05) is 0 Å². The van der Waals surface area contributed by atoms with Crippen LogP contribution in [-0.4, -0.2) is 16.8 Å². The third-order valence-electron chi connectivity index (χ3n) is 2.32. The average molecular weight is 241 g/mol. The van der Waals surface area contributed by atoms with Crippen molar-refractivity contribution in [2.24, 2.45) is 0 Å². The van der Waals surface area contributed by atoms with E-state index in [1.165, 1.54) is 26.8 Å². The van der Waals surface area contributed by atoms with Crippen molar-refractivity contribution in [2.45, 2.75) is 26.9 Å². The first-order valence-electron chi connectivity index (χ1n) is 4.94.